The molecular weight excluding hydrogens is 272 g/mol. The summed E-state index contributed by atoms with van der Waals surface area (Å²) in [6.07, 6.45) is 2.03. The van der Waals surface area contributed by atoms with Gasteiger partial charge in [-0.05, 0) is 24.8 Å². The van der Waals surface area contributed by atoms with Crippen molar-refractivity contribution in [3.8, 4) is 0 Å². The molecule has 0 aliphatic carbocycles. The van der Waals surface area contributed by atoms with Gasteiger partial charge >= 0.3 is 0 Å². The maximum atomic E-state index is 12.3. The Balaban J connectivity index is 1.70. The lowest BCUT2D eigenvalue weighted by Gasteiger charge is -2.22. The summed E-state index contributed by atoms with van der Waals surface area (Å²) in [6, 6.07) is 7.85. The third-order valence-electron chi connectivity index (χ3n) is 3.73. The minimum absolute atomic E-state index is 0.0600. The Morgan fingerprint density at radius 2 is 2.10 bits per heavy atom. The van der Waals surface area contributed by atoms with Gasteiger partial charge in [-0.1, -0.05) is 18.2 Å². The summed E-state index contributed by atoms with van der Waals surface area (Å²) < 4.78 is 6.38. The molecular formula is C15H18N2O2S. The molecule has 0 saturated carbocycles. The predicted octanol–water partition coefficient (Wildman–Crippen LogP) is 2.64. The highest BCUT2D eigenvalue weighted by Crippen LogP contribution is 2.33. The van der Waals surface area contributed by atoms with E-state index in [1.807, 2.05) is 24.3 Å². The zero-order valence-electron chi connectivity index (χ0n) is 11.2. The first-order chi connectivity index (χ1) is 9.75. The first-order valence-corrected chi connectivity index (χ1v) is 7.70. The van der Waals surface area contributed by atoms with Crippen molar-refractivity contribution in [1.82, 2.24) is 5.32 Å². The van der Waals surface area contributed by atoms with Gasteiger partial charge in [0.1, 0.15) is 4.88 Å². The van der Waals surface area contributed by atoms with Crippen molar-refractivity contribution >= 4 is 33.0 Å². The van der Waals surface area contributed by atoms with Crippen LogP contribution in [-0.4, -0.2) is 25.7 Å². The van der Waals surface area contributed by atoms with E-state index < -0.39 is 0 Å². The molecule has 0 radical (unpaired) electrons. The summed E-state index contributed by atoms with van der Waals surface area (Å²) in [5, 5.41) is 3.97. The van der Waals surface area contributed by atoms with E-state index in [0.29, 0.717) is 23.0 Å². The second-order valence-corrected chi connectivity index (χ2v) is 6.16. The fraction of sp³-hybridized carbons (Fsp3) is 0.400. The number of carbonyl (C=O) groups is 1. The van der Waals surface area contributed by atoms with Crippen LogP contribution in [0, 0.1) is 5.92 Å². The van der Waals surface area contributed by atoms with Crippen molar-refractivity contribution in [3.63, 3.8) is 0 Å². The molecule has 1 aromatic heterocycles. The van der Waals surface area contributed by atoms with E-state index in [4.69, 9.17) is 10.5 Å². The Bertz CT molecular complexity index is 617. The van der Waals surface area contributed by atoms with Gasteiger partial charge in [0.2, 0.25) is 0 Å². The van der Waals surface area contributed by atoms with Gasteiger partial charge in [-0.3, -0.25) is 4.79 Å². The van der Waals surface area contributed by atoms with Crippen molar-refractivity contribution in [3.05, 3.63) is 29.1 Å². The molecule has 1 aliphatic heterocycles. The number of amides is 1. The Kier molecular flexibility index (Phi) is 3.89. The van der Waals surface area contributed by atoms with Crippen LogP contribution in [0.1, 0.15) is 22.5 Å². The largest absolute Gasteiger partial charge is 0.397 e. The SMILES string of the molecule is Nc1c(C(=O)NCC2CCOCC2)sc2ccccc12. The second kappa shape index (κ2) is 5.81. The van der Waals surface area contributed by atoms with Crippen molar-refractivity contribution in [2.75, 3.05) is 25.5 Å². The lowest BCUT2D eigenvalue weighted by Crippen LogP contribution is -2.32. The third-order valence-corrected chi connectivity index (χ3v) is 4.92. The van der Waals surface area contributed by atoms with E-state index >= 15 is 0 Å². The molecule has 1 fully saturated rings. The Morgan fingerprint density at radius 1 is 1.35 bits per heavy atom. The summed E-state index contributed by atoms with van der Waals surface area (Å²) in [4.78, 5) is 12.9. The average molecular weight is 290 g/mol. The Labute approximate surface area is 121 Å². The van der Waals surface area contributed by atoms with E-state index in [0.717, 1.165) is 36.1 Å². The van der Waals surface area contributed by atoms with Crippen molar-refractivity contribution in [2.24, 2.45) is 5.92 Å². The van der Waals surface area contributed by atoms with Crippen molar-refractivity contribution in [2.45, 2.75) is 12.8 Å². The maximum absolute atomic E-state index is 12.3. The summed E-state index contributed by atoms with van der Waals surface area (Å²) in [5.74, 6) is 0.457. The molecule has 0 spiro atoms. The molecule has 2 aromatic rings. The van der Waals surface area contributed by atoms with Gasteiger partial charge in [-0.2, -0.15) is 0 Å². The molecule has 4 nitrogen and oxygen atoms in total. The zero-order chi connectivity index (χ0) is 13.9. The molecule has 2 heterocycles. The third kappa shape index (κ3) is 2.64. The lowest BCUT2D eigenvalue weighted by atomic mass is 10.0. The predicted molar refractivity (Wildman–Crippen MR) is 82.1 cm³/mol. The monoisotopic (exact) mass is 290 g/mol. The van der Waals surface area contributed by atoms with Crippen molar-refractivity contribution < 1.29 is 9.53 Å². The van der Waals surface area contributed by atoms with Gasteiger partial charge in [-0.25, -0.2) is 0 Å². The fourth-order valence-electron chi connectivity index (χ4n) is 2.50. The van der Waals surface area contributed by atoms with E-state index in [2.05, 4.69) is 5.32 Å². The molecule has 0 bridgehead atoms. The number of nitrogens with two attached hydrogens (primary N) is 1. The lowest BCUT2D eigenvalue weighted by molar-refractivity contribution is 0.0643. The van der Waals surface area contributed by atoms with E-state index in [-0.39, 0.29) is 5.91 Å². The number of hydrogen-bond acceptors (Lipinski definition) is 4. The number of carbonyl (C=O) groups excluding carboxylic acids is 1. The number of nitrogen functional groups attached to an aromatic ring is 1. The molecule has 5 heteroatoms. The normalized spacial score (nSPS) is 16.4. The number of ether oxygens (including phenoxy) is 1. The van der Waals surface area contributed by atoms with Gasteiger partial charge in [0.25, 0.3) is 5.91 Å². The summed E-state index contributed by atoms with van der Waals surface area (Å²) in [7, 11) is 0. The minimum Gasteiger partial charge on any atom is -0.397 e. The molecule has 0 atom stereocenters. The Morgan fingerprint density at radius 3 is 2.85 bits per heavy atom. The van der Waals surface area contributed by atoms with Crippen LogP contribution in [0.3, 0.4) is 0 Å². The first kappa shape index (κ1) is 13.4. The summed E-state index contributed by atoms with van der Waals surface area (Å²) >= 11 is 1.46. The van der Waals surface area contributed by atoms with Gasteiger partial charge < -0.3 is 15.8 Å². The molecule has 106 valence electrons. The van der Waals surface area contributed by atoms with E-state index in [1.54, 1.807) is 0 Å². The molecule has 20 heavy (non-hydrogen) atoms. The van der Waals surface area contributed by atoms with E-state index in [9.17, 15) is 4.79 Å². The van der Waals surface area contributed by atoms with Crippen LogP contribution in [-0.2, 0) is 4.74 Å². The first-order valence-electron chi connectivity index (χ1n) is 6.88. The van der Waals surface area contributed by atoms with Crippen LogP contribution in [0.25, 0.3) is 10.1 Å². The number of fused-ring (bicyclic) bond motifs is 1. The topological polar surface area (TPSA) is 64.4 Å². The highest BCUT2D eigenvalue weighted by atomic mass is 32.1. The molecule has 0 unspecified atom stereocenters. The van der Waals surface area contributed by atoms with Crippen LogP contribution in [0.2, 0.25) is 0 Å². The maximum Gasteiger partial charge on any atom is 0.263 e. The highest BCUT2D eigenvalue weighted by Gasteiger charge is 2.18. The molecule has 1 saturated heterocycles. The number of benzene rings is 1. The number of anilines is 1. The Hall–Kier alpha value is -1.59. The van der Waals surface area contributed by atoms with Gasteiger partial charge in [0, 0.05) is 29.8 Å². The van der Waals surface area contributed by atoms with Gasteiger partial charge in [-0.15, -0.1) is 11.3 Å². The van der Waals surface area contributed by atoms with Crippen LogP contribution < -0.4 is 11.1 Å². The smallest absolute Gasteiger partial charge is 0.263 e. The summed E-state index contributed by atoms with van der Waals surface area (Å²) in [6.45, 7) is 2.30. The van der Waals surface area contributed by atoms with Crippen LogP contribution in [0.5, 0.6) is 0 Å². The number of nitrogens with one attached hydrogen (secondary N) is 1. The van der Waals surface area contributed by atoms with E-state index in [1.165, 1.54) is 11.3 Å². The molecule has 1 aliphatic rings. The number of hydrogen-bond donors (Lipinski definition) is 2. The van der Waals surface area contributed by atoms with Crippen LogP contribution in [0.15, 0.2) is 24.3 Å². The quantitative estimate of drug-likeness (QED) is 0.913. The number of thiophene rings is 1. The van der Waals surface area contributed by atoms with Crippen LogP contribution in [0.4, 0.5) is 5.69 Å². The molecule has 3 N–H and O–H groups in total. The zero-order valence-corrected chi connectivity index (χ0v) is 12.0. The second-order valence-electron chi connectivity index (χ2n) is 5.11. The fourth-order valence-corrected chi connectivity index (χ4v) is 3.54. The average Bonchev–Trinajstić information content (AvgIpc) is 2.84. The standard InChI is InChI=1S/C15H18N2O2S/c16-13-11-3-1-2-4-12(11)20-14(13)15(18)17-9-10-5-7-19-8-6-10/h1-4,10H,5-9,16H2,(H,17,18). The van der Waals surface area contributed by atoms with Gasteiger partial charge in [0.15, 0.2) is 0 Å². The molecule has 3 rings (SSSR count). The highest BCUT2D eigenvalue weighted by molar-refractivity contribution is 7.21. The van der Waals surface area contributed by atoms with Crippen LogP contribution >= 0.6 is 11.3 Å². The minimum atomic E-state index is -0.0600. The molecule has 1 aromatic carbocycles. The van der Waals surface area contributed by atoms with Gasteiger partial charge in [0.05, 0.1) is 5.69 Å². The van der Waals surface area contributed by atoms with Crippen molar-refractivity contribution in [1.29, 1.82) is 0 Å². The number of rotatable bonds is 3. The summed E-state index contributed by atoms with van der Waals surface area (Å²) in [5.41, 5.74) is 6.67. The molecule has 1 amide bonds.